The Bertz CT molecular complexity index is 915. The van der Waals surface area contributed by atoms with Gasteiger partial charge in [-0.05, 0) is 54.0 Å². The molecule has 0 spiro atoms. The minimum atomic E-state index is 0.140. The number of rotatable bonds is 9. The van der Waals surface area contributed by atoms with E-state index in [4.69, 9.17) is 4.74 Å². The van der Waals surface area contributed by atoms with Gasteiger partial charge < -0.3 is 10.1 Å². The molecule has 150 valence electrons. The molecule has 0 heterocycles. The smallest absolute Gasteiger partial charge is 0.124 e. The summed E-state index contributed by atoms with van der Waals surface area (Å²) in [5.41, 5.74) is 5.09. The van der Waals surface area contributed by atoms with Crippen LogP contribution in [0.3, 0.4) is 0 Å². The normalized spacial score (nSPS) is 14.7. The molecule has 3 aromatic rings. The highest BCUT2D eigenvalue weighted by molar-refractivity contribution is 5.43. The topological polar surface area (TPSA) is 21.3 Å². The van der Waals surface area contributed by atoms with Crippen molar-refractivity contribution in [3.05, 3.63) is 101 Å². The van der Waals surface area contributed by atoms with Crippen molar-refractivity contribution in [3.8, 4) is 5.75 Å². The maximum Gasteiger partial charge on any atom is 0.124 e. The van der Waals surface area contributed by atoms with Crippen LogP contribution in [0.5, 0.6) is 5.75 Å². The summed E-state index contributed by atoms with van der Waals surface area (Å²) in [5, 5.41) is 3.84. The monoisotopic (exact) mass is 385 g/mol. The summed E-state index contributed by atoms with van der Waals surface area (Å²) in [5.74, 6) is 2.30. The van der Waals surface area contributed by atoms with Crippen LogP contribution in [-0.4, -0.2) is 6.54 Å². The van der Waals surface area contributed by atoms with Gasteiger partial charge in [-0.25, -0.2) is 0 Å². The second kappa shape index (κ2) is 9.28. The molecule has 1 aliphatic carbocycles. The van der Waals surface area contributed by atoms with E-state index in [1.807, 2.05) is 6.07 Å². The number of nitrogens with one attached hydrogen (secondary N) is 1. The van der Waals surface area contributed by atoms with E-state index in [0.717, 1.165) is 18.2 Å². The van der Waals surface area contributed by atoms with Gasteiger partial charge in [0.2, 0.25) is 0 Å². The zero-order valence-corrected chi connectivity index (χ0v) is 17.5. The van der Waals surface area contributed by atoms with E-state index in [-0.39, 0.29) is 6.04 Å². The van der Waals surface area contributed by atoms with E-state index in [2.05, 4.69) is 92.0 Å². The molecule has 2 heteroatoms. The molecule has 0 bridgehead atoms. The SMILES string of the molecule is CC(C)c1cccc(C(NCC2CC2)c2ccccc2OCc2ccccc2)c1. The minimum absolute atomic E-state index is 0.140. The van der Waals surface area contributed by atoms with Crippen LogP contribution < -0.4 is 10.1 Å². The average Bonchev–Trinajstić information content (AvgIpc) is 3.58. The zero-order chi connectivity index (χ0) is 20.1. The Morgan fingerprint density at radius 2 is 1.59 bits per heavy atom. The minimum Gasteiger partial charge on any atom is -0.489 e. The van der Waals surface area contributed by atoms with E-state index >= 15 is 0 Å². The second-order valence-electron chi connectivity index (χ2n) is 8.42. The third-order valence-electron chi connectivity index (χ3n) is 5.69. The Morgan fingerprint density at radius 3 is 2.34 bits per heavy atom. The molecule has 1 atom stereocenters. The number of ether oxygens (including phenoxy) is 1. The van der Waals surface area contributed by atoms with Crippen molar-refractivity contribution >= 4 is 0 Å². The fraction of sp³-hybridized carbons (Fsp3) is 0.333. The number of hydrogen-bond acceptors (Lipinski definition) is 2. The summed E-state index contributed by atoms with van der Waals surface area (Å²) in [6.07, 6.45) is 2.69. The van der Waals surface area contributed by atoms with Crippen molar-refractivity contribution in [2.45, 2.75) is 45.3 Å². The molecular formula is C27H31NO. The van der Waals surface area contributed by atoms with Gasteiger partial charge in [-0.1, -0.05) is 86.6 Å². The predicted molar refractivity (Wildman–Crippen MR) is 120 cm³/mol. The molecule has 29 heavy (non-hydrogen) atoms. The summed E-state index contributed by atoms with van der Waals surface area (Å²) >= 11 is 0. The van der Waals surface area contributed by atoms with Crippen LogP contribution in [0.2, 0.25) is 0 Å². The van der Waals surface area contributed by atoms with Crippen molar-refractivity contribution < 1.29 is 4.74 Å². The van der Waals surface area contributed by atoms with E-state index < -0.39 is 0 Å². The van der Waals surface area contributed by atoms with Crippen LogP contribution in [0.15, 0.2) is 78.9 Å². The number of hydrogen-bond donors (Lipinski definition) is 1. The molecule has 0 amide bonds. The van der Waals surface area contributed by atoms with Crippen molar-refractivity contribution in [2.75, 3.05) is 6.54 Å². The molecule has 1 N–H and O–H groups in total. The third-order valence-corrected chi connectivity index (χ3v) is 5.69. The number of para-hydroxylation sites is 1. The van der Waals surface area contributed by atoms with E-state index in [0.29, 0.717) is 12.5 Å². The first-order valence-electron chi connectivity index (χ1n) is 10.8. The summed E-state index contributed by atoms with van der Waals surface area (Å²) in [6, 6.07) is 28.0. The van der Waals surface area contributed by atoms with Crippen LogP contribution in [0.25, 0.3) is 0 Å². The fourth-order valence-electron chi connectivity index (χ4n) is 3.70. The van der Waals surface area contributed by atoms with E-state index in [1.165, 1.54) is 35.1 Å². The highest BCUT2D eigenvalue weighted by atomic mass is 16.5. The molecule has 0 radical (unpaired) electrons. The van der Waals surface area contributed by atoms with Gasteiger partial charge in [-0.3, -0.25) is 0 Å². The van der Waals surface area contributed by atoms with E-state index in [1.54, 1.807) is 0 Å². The molecule has 4 rings (SSSR count). The molecule has 1 aliphatic rings. The maximum atomic E-state index is 6.29. The van der Waals surface area contributed by atoms with Crippen LogP contribution in [-0.2, 0) is 6.61 Å². The van der Waals surface area contributed by atoms with Crippen molar-refractivity contribution in [1.29, 1.82) is 0 Å². The van der Waals surface area contributed by atoms with Gasteiger partial charge in [0.25, 0.3) is 0 Å². The summed E-state index contributed by atoms with van der Waals surface area (Å²) in [4.78, 5) is 0. The first kappa shape index (κ1) is 19.7. The molecule has 0 saturated heterocycles. The molecule has 0 aromatic heterocycles. The Hall–Kier alpha value is -2.58. The first-order chi connectivity index (χ1) is 14.2. The highest BCUT2D eigenvalue weighted by Crippen LogP contribution is 2.34. The predicted octanol–water partition coefficient (Wildman–Crippen LogP) is 6.48. The lowest BCUT2D eigenvalue weighted by Gasteiger charge is -2.23. The van der Waals surface area contributed by atoms with E-state index in [9.17, 15) is 0 Å². The highest BCUT2D eigenvalue weighted by Gasteiger charge is 2.25. The van der Waals surface area contributed by atoms with Gasteiger partial charge >= 0.3 is 0 Å². The average molecular weight is 386 g/mol. The third kappa shape index (κ3) is 5.27. The molecule has 1 saturated carbocycles. The van der Waals surface area contributed by atoms with Gasteiger partial charge in [0.05, 0.1) is 6.04 Å². The van der Waals surface area contributed by atoms with Crippen LogP contribution >= 0.6 is 0 Å². The van der Waals surface area contributed by atoms with Gasteiger partial charge in [0.1, 0.15) is 12.4 Å². The van der Waals surface area contributed by atoms with Crippen LogP contribution in [0.4, 0.5) is 0 Å². The quantitative estimate of drug-likeness (QED) is 0.455. The lowest BCUT2D eigenvalue weighted by Crippen LogP contribution is -2.25. The first-order valence-corrected chi connectivity index (χ1v) is 10.8. The molecule has 2 nitrogen and oxygen atoms in total. The zero-order valence-electron chi connectivity index (χ0n) is 17.5. The van der Waals surface area contributed by atoms with Gasteiger partial charge in [0, 0.05) is 5.56 Å². The van der Waals surface area contributed by atoms with Crippen molar-refractivity contribution in [2.24, 2.45) is 5.92 Å². The summed E-state index contributed by atoms with van der Waals surface area (Å²) in [7, 11) is 0. The van der Waals surface area contributed by atoms with Crippen molar-refractivity contribution in [1.82, 2.24) is 5.32 Å². The van der Waals surface area contributed by atoms with Crippen molar-refractivity contribution in [3.63, 3.8) is 0 Å². The Kier molecular flexibility index (Phi) is 6.31. The molecular weight excluding hydrogens is 354 g/mol. The summed E-state index contributed by atoms with van der Waals surface area (Å²) < 4.78 is 6.29. The number of benzene rings is 3. The molecule has 0 aliphatic heterocycles. The van der Waals surface area contributed by atoms with Gasteiger partial charge in [-0.2, -0.15) is 0 Å². The molecule has 1 unspecified atom stereocenters. The van der Waals surface area contributed by atoms with Crippen LogP contribution in [0, 0.1) is 5.92 Å². The molecule has 1 fully saturated rings. The second-order valence-corrected chi connectivity index (χ2v) is 8.42. The standard InChI is InChI=1S/C27H31NO/c1-20(2)23-11-8-12-24(17-23)27(28-18-21-15-16-21)25-13-6-7-14-26(25)29-19-22-9-4-3-5-10-22/h3-14,17,20-21,27-28H,15-16,18-19H2,1-2H3. The lowest BCUT2D eigenvalue weighted by atomic mass is 9.93. The molecule has 3 aromatic carbocycles. The lowest BCUT2D eigenvalue weighted by molar-refractivity contribution is 0.300. The maximum absolute atomic E-state index is 6.29. The summed E-state index contributed by atoms with van der Waals surface area (Å²) in [6.45, 7) is 6.15. The van der Waals surface area contributed by atoms with Gasteiger partial charge in [0.15, 0.2) is 0 Å². The Labute approximate surface area is 174 Å². The van der Waals surface area contributed by atoms with Crippen LogP contribution in [0.1, 0.15) is 60.9 Å². The Morgan fingerprint density at radius 1 is 0.862 bits per heavy atom. The van der Waals surface area contributed by atoms with Gasteiger partial charge in [-0.15, -0.1) is 0 Å². The Balaban J connectivity index is 1.62. The largest absolute Gasteiger partial charge is 0.489 e. The fourth-order valence-corrected chi connectivity index (χ4v) is 3.70.